The maximum absolute atomic E-state index is 13.9. The third-order valence-electron chi connectivity index (χ3n) is 8.16. The molecule has 2 bridgehead atoms. The van der Waals surface area contributed by atoms with Crippen LogP contribution in [0.4, 0.5) is 5.69 Å². The number of amides is 3. The smallest absolute Gasteiger partial charge is 0.245 e. The molecular weight excluding hydrogens is 532 g/mol. The third-order valence-corrected chi connectivity index (χ3v) is 10.1. The van der Waals surface area contributed by atoms with Crippen LogP contribution in [0.25, 0.3) is 11.0 Å². The third kappa shape index (κ3) is 4.39. The summed E-state index contributed by atoms with van der Waals surface area (Å²) in [5.41, 5.74) is 2.15. The van der Waals surface area contributed by atoms with Crippen LogP contribution in [0.1, 0.15) is 26.2 Å². The number of carbonyl (C=O) groups excluding carboxylic acids is 3. The number of fused-ring (bicyclic) bond motifs is 2. The molecule has 11 nitrogen and oxygen atoms in total. The molecule has 12 heteroatoms. The van der Waals surface area contributed by atoms with Gasteiger partial charge in [-0.3, -0.25) is 14.4 Å². The molecule has 4 heterocycles. The number of aliphatic hydroxyl groups is 1. The summed E-state index contributed by atoms with van der Waals surface area (Å²) in [5, 5.41) is 23.7. The topological polar surface area (TPSA) is 139 Å². The van der Waals surface area contributed by atoms with Crippen LogP contribution in [0.15, 0.2) is 48.5 Å². The number of hydrogen-bond acceptors (Lipinski definition) is 8. The first-order valence-corrected chi connectivity index (χ1v) is 14.5. The van der Waals surface area contributed by atoms with Gasteiger partial charge in [-0.15, -0.1) is 16.9 Å². The highest BCUT2D eigenvalue weighted by molar-refractivity contribution is 8.02. The molecule has 2 unspecified atom stereocenters. The maximum atomic E-state index is 13.9. The second-order valence-corrected chi connectivity index (χ2v) is 12.0. The van der Waals surface area contributed by atoms with E-state index in [0.29, 0.717) is 30.9 Å². The Balaban J connectivity index is 1.24. The van der Waals surface area contributed by atoms with Gasteiger partial charge in [-0.1, -0.05) is 17.3 Å². The van der Waals surface area contributed by atoms with Gasteiger partial charge in [0, 0.05) is 24.1 Å². The summed E-state index contributed by atoms with van der Waals surface area (Å²) in [6.07, 6.45) is 1.77. The number of ether oxygens (including phenoxy) is 1. The summed E-state index contributed by atoms with van der Waals surface area (Å²) >= 11 is 1.61. The van der Waals surface area contributed by atoms with Gasteiger partial charge in [0.15, 0.2) is 0 Å². The van der Waals surface area contributed by atoms with E-state index in [9.17, 15) is 19.5 Å². The second kappa shape index (κ2) is 10.7. The monoisotopic (exact) mass is 564 g/mol. The highest BCUT2D eigenvalue weighted by atomic mass is 32.2. The van der Waals surface area contributed by atoms with Gasteiger partial charge in [0.25, 0.3) is 0 Å². The lowest BCUT2D eigenvalue weighted by atomic mass is 9.70. The summed E-state index contributed by atoms with van der Waals surface area (Å²) in [6, 6.07) is 13.9. The van der Waals surface area contributed by atoms with E-state index < -0.39 is 22.6 Å². The number of likely N-dealkylation sites (tertiary alicyclic amines) is 1. The molecule has 1 spiro atoms. The van der Waals surface area contributed by atoms with Gasteiger partial charge in [-0.05, 0) is 62.6 Å². The molecule has 1 aromatic heterocycles. The van der Waals surface area contributed by atoms with E-state index in [2.05, 4.69) is 20.9 Å². The van der Waals surface area contributed by atoms with Gasteiger partial charge in [-0.25, -0.2) is 4.68 Å². The molecule has 5 atom stereocenters. The van der Waals surface area contributed by atoms with Crippen LogP contribution < -0.4 is 15.4 Å². The number of carbonyl (C=O) groups is 3. The zero-order chi connectivity index (χ0) is 27.9. The molecule has 0 aliphatic carbocycles. The number of nitrogens with one attached hydrogen (secondary N) is 2. The Morgan fingerprint density at radius 1 is 1.18 bits per heavy atom. The minimum atomic E-state index is -0.746. The Morgan fingerprint density at radius 2 is 1.98 bits per heavy atom. The van der Waals surface area contributed by atoms with Gasteiger partial charge in [-0.2, -0.15) is 0 Å². The quantitative estimate of drug-likeness (QED) is 0.340. The largest absolute Gasteiger partial charge is 0.494 e. The number of para-hydroxylation sites is 1. The van der Waals surface area contributed by atoms with Crippen molar-refractivity contribution in [3.63, 3.8) is 0 Å². The van der Waals surface area contributed by atoms with Gasteiger partial charge in [0.1, 0.15) is 24.0 Å². The average Bonchev–Trinajstić information content (AvgIpc) is 3.71. The van der Waals surface area contributed by atoms with Crippen molar-refractivity contribution in [2.75, 3.05) is 25.1 Å². The molecule has 210 valence electrons. The first kappa shape index (κ1) is 26.6. The van der Waals surface area contributed by atoms with Gasteiger partial charge in [0.05, 0.1) is 28.7 Å². The van der Waals surface area contributed by atoms with Crippen molar-refractivity contribution >= 4 is 46.2 Å². The Kier molecular flexibility index (Phi) is 7.13. The normalized spacial score (nSPS) is 26.8. The molecule has 40 heavy (non-hydrogen) atoms. The highest BCUT2D eigenvalue weighted by Crippen LogP contribution is 2.66. The molecular formula is C28H32N6O5S. The van der Waals surface area contributed by atoms with E-state index in [4.69, 9.17) is 4.74 Å². The molecule has 3 fully saturated rings. The van der Waals surface area contributed by atoms with E-state index in [-0.39, 0.29) is 42.8 Å². The van der Waals surface area contributed by atoms with E-state index in [1.807, 2.05) is 31.2 Å². The van der Waals surface area contributed by atoms with Gasteiger partial charge < -0.3 is 25.4 Å². The maximum Gasteiger partial charge on any atom is 0.245 e. The minimum Gasteiger partial charge on any atom is -0.494 e. The fourth-order valence-corrected chi connectivity index (χ4v) is 8.77. The van der Waals surface area contributed by atoms with Crippen molar-refractivity contribution in [1.82, 2.24) is 25.2 Å². The van der Waals surface area contributed by atoms with Crippen molar-refractivity contribution in [1.29, 1.82) is 0 Å². The Bertz CT molecular complexity index is 1430. The van der Waals surface area contributed by atoms with Crippen molar-refractivity contribution in [3.8, 4) is 5.75 Å². The van der Waals surface area contributed by atoms with Crippen LogP contribution in [0, 0.1) is 11.8 Å². The number of hydrogen-bond donors (Lipinski definition) is 3. The van der Waals surface area contributed by atoms with Crippen LogP contribution in [0.3, 0.4) is 0 Å². The SMILES string of the molecule is CCOc1ccc(NC(=O)[C@@H]2[C@H]3C(=O)N(CCCO)C(C(=O)NCn4nnc5ccccc54)C34CC[C@H]2S4)cc1. The van der Waals surface area contributed by atoms with Crippen LogP contribution in [0.2, 0.25) is 0 Å². The fraction of sp³-hybridized carbons (Fsp3) is 0.464. The molecule has 6 rings (SSSR count). The summed E-state index contributed by atoms with van der Waals surface area (Å²) in [5.74, 6) is -1.13. The van der Waals surface area contributed by atoms with E-state index in [1.54, 1.807) is 45.6 Å². The predicted molar refractivity (Wildman–Crippen MR) is 149 cm³/mol. The molecule has 3 aromatic rings. The molecule has 3 aliphatic heterocycles. The lowest BCUT2D eigenvalue weighted by molar-refractivity contribution is -0.139. The lowest BCUT2D eigenvalue weighted by Gasteiger charge is -2.34. The Hall–Kier alpha value is -3.64. The Labute approximate surface area is 235 Å². The van der Waals surface area contributed by atoms with Crippen molar-refractivity contribution in [2.45, 2.75) is 48.9 Å². The minimum absolute atomic E-state index is 0.0498. The second-order valence-electron chi connectivity index (χ2n) is 10.4. The predicted octanol–water partition coefficient (Wildman–Crippen LogP) is 2.02. The van der Waals surface area contributed by atoms with Crippen LogP contribution >= 0.6 is 11.8 Å². The number of aliphatic hydroxyl groups excluding tert-OH is 1. The first-order valence-electron chi connectivity index (χ1n) is 13.7. The average molecular weight is 565 g/mol. The van der Waals surface area contributed by atoms with Crippen molar-refractivity contribution in [2.24, 2.45) is 11.8 Å². The zero-order valence-electron chi connectivity index (χ0n) is 22.2. The summed E-state index contributed by atoms with van der Waals surface area (Å²) in [6.45, 7) is 2.71. The molecule has 3 saturated heterocycles. The van der Waals surface area contributed by atoms with Gasteiger partial charge in [0.2, 0.25) is 17.7 Å². The number of aromatic nitrogens is 3. The summed E-state index contributed by atoms with van der Waals surface area (Å²) < 4.78 is 6.40. The molecule has 3 aliphatic rings. The first-order chi connectivity index (χ1) is 19.5. The number of rotatable bonds is 10. The lowest BCUT2D eigenvalue weighted by Crippen LogP contribution is -2.54. The molecule has 3 N–H and O–H groups in total. The molecule has 0 radical (unpaired) electrons. The van der Waals surface area contributed by atoms with Crippen LogP contribution in [0.5, 0.6) is 5.75 Å². The summed E-state index contributed by atoms with van der Waals surface area (Å²) in [7, 11) is 0. The summed E-state index contributed by atoms with van der Waals surface area (Å²) in [4.78, 5) is 42.9. The fourth-order valence-electron chi connectivity index (χ4n) is 6.55. The number of thioether (sulfide) groups is 1. The zero-order valence-corrected chi connectivity index (χ0v) is 23.0. The molecule has 2 aromatic carbocycles. The molecule has 0 saturated carbocycles. The highest BCUT2D eigenvalue weighted by Gasteiger charge is 2.73. The Morgan fingerprint density at radius 3 is 2.75 bits per heavy atom. The molecule has 3 amide bonds. The van der Waals surface area contributed by atoms with E-state index >= 15 is 0 Å². The van der Waals surface area contributed by atoms with Crippen molar-refractivity contribution < 1.29 is 24.2 Å². The van der Waals surface area contributed by atoms with E-state index in [1.165, 1.54) is 0 Å². The van der Waals surface area contributed by atoms with Crippen molar-refractivity contribution in [3.05, 3.63) is 48.5 Å². The van der Waals surface area contributed by atoms with Gasteiger partial charge >= 0.3 is 0 Å². The van der Waals surface area contributed by atoms with Crippen LogP contribution in [-0.4, -0.2) is 78.5 Å². The number of nitrogens with zero attached hydrogens (tertiary/aromatic N) is 4. The van der Waals surface area contributed by atoms with E-state index in [0.717, 1.165) is 17.5 Å². The standard InChI is InChI=1S/C28H32N6O5S/c1-2-39-18-10-8-17(9-11-18)30-25(36)22-21-12-13-28(40-21)23(22)27(38)33(14-5-15-35)24(28)26(37)29-16-34-20-7-4-3-6-19(20)31-32-34/h3-4,6-11,21-24,35H,2,5,12-16H2,1H3,(H,29,37)(H,30,36)/t21-,22+,23+,24?,28?/m1/s1. The number of anilines is 1. The van der Waals surface area contributed by atoms with Crippen LogP contribution in [-0.2, 0) is 21.1 Å². The number of benzene rings is 2.